The van der Waals surface area contributed by atoms with Crippen LogP contribution >= 0.6 is 11.6 Å². The molecular weight excluding hydrogens is 288 g/mol. The lowest BCUT2D eigenvalue weighted by molar-refractivity contribution is 0.0710. The summed E-state index contributed by atoms with van der Waals surface area (Å²) < 4.78 is 5.70. The second-order valence-electron chi connectivity index (χ2n) is 6.23. The highest BCUT2D eigenvalue weighted by Crippen LogP contribution is 2.29. The molecule has 0 aliphatic rings. The zero-order valence-electron chi connectivity index (χ0n) is 12.9. The number of carbonyl (C=O) groups is 1. The van der Waals surface area contributed by atoms with Crippen LogP contribution in [0.4, 0.5) is 0 Å². The largest absolute Gasteiger partial charge is 0.451 e. The van der Waals surface area contributed by atoms with E-state index in [1.54, 1.807) is 24.1 Å². The molecule has 1 aromatic carbocycles. The number of benzene rings is 1. The third-order valence-corrected chi connectivity index (χ3v) is 3.89. The fraction of sp³-hybridized carbons (Fsp3) is 0.438. The van der Waals surface area contributed by atoms with Gasteiger partial charge in [0.15, 0.2) is 5.76 Å². The Labute approximate surface area is 129 Å². The minimum absolute atomic E-state index is 0.131. The predicted octanol–water partition coefficient (Wildman–Crippen LogP) is 3.45. The van der Waals surface area contributed by atoms with Crippen molar-refractivity contribution < 1.29 is 9.21 Å². The summed E-state index contributed by atoms with van der Waals surface area (Å²) >= 11 is 6.00. The molecule has 0 saturated heterocycles. The molecular formula is C16H21ClN2O2. The van der Waals surface area contributed by atoms with Crippen molar-refractivity contribution in [2.45, 2.75) is 20.8 Å². The number of aryl methyl sites for hydroxylation is 1. The minimum Gasteiger partial charge on any atom is -0.451 e. The lowest BCUT2D eigenvalue weighted by atomic mass is 9.93. The number of fused-ring (bicyclic) bond motifs is 1. The Hall–Kier alpha value is -1.52. The number of nitrogens with two attached hydrogens (primary N) is 1. The van der Waals surface area contributed by atoms with Crippen LogP contribution in [-0.2, 0) is 0 Å². The van der Waals surface area contributed by atoms with Gasteiger partial charge < -0.3 is 15.1 Å². The monoisotopic (exact) mass is 308 g/mol. The van der Waals surface area contributed by atoms with Crippen LogP contribution in [0.3, 0.4) is 0 Å². The van der Waals surface area contributed by atoms with E-state index in [4.69, 9.17) is 21.8 Å². The summed E-state index contributed by atoms with van der Waals surface area (Å²) in [7, 11) is 1.76. The summed E-state index contributed by atoms with van der Waals surface area (Å²) in [4.78, 5) is 14.2. The Morgan fingerprint density at radius 1 is 1.43 bits per heavy atom. The molecule has 1 heterocycles. The van der Waals surface area contributed by atoms with E-state index < -0.39 is 0 Å². The SMILES string of the molecule is Cc1c(C(=O)N(C)CC(C)(C)CN)oc2ccc(Cl)cc12. The van der Waals surface area contributed by atoms with Crippen molar-refractivity contribution in [3.63, 3.8) is 0 Å². The Morgan fingerprint density at radius 2 is 2.10 bits per heavy atom. The van der Waals surface area contributed by atoms with E-state index in [1.807, 2.05) is 26.8 Å². The molecule has 0 fully saturated rings. The van der Waals surface area contributed by atoms with Crippen molar-refractivity contribution in [2.75, 3.05) is 20.1 Å². The molecule has 0 radical (unpaired) electrons. The molecule has 114 valence electrons. The molecule has 5 heteroatoms. The Balaban J connectivity index is 2.33. The summed E-state index contributed by atoms with van der Waals surface area (Å²) in [5, 5.41) is 1.50. The molecule has 0 spiro atoms. The van der Waals surface area contributed by atoms with Crippen LogP contribution in [0.5, 0.6) is 0 Å². The fourth-order valence-corrected chi connectivity index (χ4v) is 2.52. The van der Waals surface area contributed by atoms with E-state index >= 15 is 0 Å². The van der Waals surface area contributed by atoms with Crippen LogP contribution in [0.25, 0.3) is 11.0 Å². The van der Waals surface area contributed by atoms with Gasteiger partial charge in [0.05, 0.1) is 0 Å². The van der Waals surface area contributed by atoms with Crippen molar-refractivity contribution in [1.82, 2.24) is 4.90 Å². The first-order valence-electron chi connectivity index (χ1n) is 6.89. The van der Waals surface area contributed by atoms with Gasteiger partial charge in [-0.05, 0) is 37.1 Å². The molecule has 0 aliphatic heterocycles. The molecule has 0 bridgehead atoms. The number of furan rings is 1. The molecule has 2 rings (SSSR count). The molecule has 0 saturated carbocycles. The van der Waals surface area contributed by atoms with Gasteiger partial charge in [0.2, 0.25) is 0 Å². The van der Waals surface area contributed by atoms with E-state index in [1.165, 1.54) is 0 Å². The molecule has 21 heavy (non-hydrogen) atoms. The average molecular weight is 309 g/mol. The van der Waals surface area contributed by atoms with Gasteiger partial charge in [-0.1, -0.05) is 25.4 Å². The van der Waals surface area contributed by atoms with Gasteiger partial charge in [-0.2, -0.15) is 0 Å². The smallest absolute Gasteiger partial charge is 0.289 e. The standard InChI is InChI=1S/C16H21ClN2O2/c1-10-12-7-11(17)5-6-13(12)21-14(10)15(20)19(4)9-16(2,3)8-18/h5-7H,8-9,18H2,1-4H3. The van der Waals surface area contributed by atoms with Gasteiger partial charge in [-0.15, -0.1) is 0 Å². The molecule has 0 unspecified atom stereocenters. The summed E-state index contributed by atoms with van der Waals surface area (Å²) in [6.07, 6.45) is 0. The topological polar surface area (TPSA) is 59.5 Å². The van der Waals surface area contributed by atoms with Crippen molar-refractivity contribution in [3.05, 3.63) is 34.5 Å². The highest BCUT2D eigenvalue weighted by Gasteiger charge is 2.25. The van der Waals surface area contributed by atoms with Crippen molar-refractivity contribution in [1.29, 1.82) is 0 Å². The van der Waals surface area contributed by atoms with Gasteiger partial charge in [0.1, 0.15) is 5.58 Å². The normalized spacial score (nSPS) is 11.9. The number of carbonyl (C=O) groups excluding carboxylic acids is 1. The number of rotatable bonds is 4. The van der Waals surface area contributed by atoms with E-state index in [2.05, 4.69) is 0 Å². The number of amides is 1. The molecule has 1 amide bonds. The van der Waals surface area contributed by atoms with Gasteiger partial charge in [-0.25, -0.2) is 0 Å². The zero-order chi connectivity index (χ0) is 15.8. The Morgan fingerprint density at radius 3 is 2.71 bits per heavy atom. The van der Waals surface area contributed by atoms with Gasteiger partial charge >= 0.3 is 0 Å². The van der Waals surface area contributed by atoms with Gasteiger partial charge in [0, 0.05) is 29.6 Å². The van der Waals surface area contributed by atoms with Crippen LogP contribution in [0.2, 0.25) is 5.02 Å². The predicted molar refractivity (Wildman–Crippen MR) is 85.8 cm³/mol. The van der Waals surface area contributed by atoms with E-state index in [-0.39, 0.29) is 11.3 Å². The van der Waals surface area contributed by atoms with Crippen molar-refractivity contribution >= 4 is 28.5 Å². The second-order valence-corrected chi connectivity index (χ2v) is 6.66. The maximum Gasteiger partial charge on any atom is 0.289 e. The van der Waals surface area contributed by atoms with Crippen LogP contribution in [-0.4, -0.2) is 30.9 Å². The lowest BCUT2D eigenvalue weighted by Gasteiger charge is -2.28. The first kappa shape index (κ1) is 15.9. The molecule has 2 aromatic rings. The van der Waals surface area contributed by atoms with Crippen LogP contribution in [0.15, 0.2) is 22.6 Å². The van der Waals surface area contributed by atoms with E-state index in [0.717, 1.165) is 10.9 Å². The Bertz CT molecular complexity index is 676. The maximum atomic E-state index is 12.6. The maximum absolute atomic E-state index is 12.6. The number of halogens is 1. The zero-order valence-corrected chi connectivity index (χ0v) is 13.6. The number of nitrogens with zero attached hydrogens (tertiary/aromatic N) is 1. The van der Waals surface area contributed by atoms with Gasteiger partial charge in [-0.3, -0.25) is 4.79 Å². The van der Waals surface area contributed by atoms with Crippen LogP contribution in [0, 0.1) is 12.3 Å². The van der Waals surface area contributed by atoms with E-state index in [9.17, 15) is 4.79 Å². The lowest BCUT2D eigenvalue weighted by Crippen LogP contribution is -2.39. The van der Waals surface area contributed by atoms with Crippen molar-refractivity contribution in [2.24, 2.45) is 11.1 Å². The molecule has 0 atom stereocenters. The minimum atomic E-state index is -0.138. The first-order chi connectivity index (χ1) is 9.75. The third kappa shape index (κ3) is 3.22. The first-order valence-corrected chi connectivity index (χ1v) is 7.27. The second kappa shape index (κ2) is 5.70. The molecule has 1 aromatic heterocycles. The third-order valence-electron chi connectivity index (χ3n) is 3.66. The summed E-state index contributed by atoms with van der Waals surface area (Å²) in [6.45, 7) is 7.01. The summed E-state index contributed by atoms with van der Waals surface area (Å²) in [5.41, 5.74) is 7.08. The molecule has 0 aliphatic carbocycles. The quantitative estimate of drug-likeness (QED) is 0.941. The number of hydrogen-bond donors (Lipinski definition) is 1. The summed E-state index contributed by atoms with van der Waals surface area (Å²) in [6, 6.07) is 5.35. The van der Waals surface area contributed by atoms with Crippen LogP contribution < -0.4 is 5.73 Å². The average Bonchev–Trinajstić information content (AvgIpc) is 2.74. The molecule has 4 nitrogen and oxygen atoms in total. The molecule has 2 N–H and O–H groups in total. The highest BCUT2D eigenvalue weighted by molar-refractivity contribution is 6.31. The summed E-state index contributed by atoms with van der Waals surface area (Å²) in [5.74, 6) is 0.226. The van der Waals surface area contributed by atoms with Crippen molar-refractivity contribution in [3.8, 4) is 0 Å². The fourth-order valence-electron chi connectivity index (χ4n) is 2.35. The Kier molecular flexibility index (Phi) is 4.30. The number of hydrogen-bond acceptors (Lipinski definition) is 3. The van der Waals surface area contributed by atoms with Crippen LogP contribution in [0.1, 0.15) is 30.0 Å². The van der Waals surface area contributed by atoms with Gasteiger partial charge in [0.25, 0.3) is 5.91 Å². The highest BCUT2D eigenvalue weighted by atomic mass is 35.5. The van der Waals surface area contributed by atoms with E-state index in [0.29, 0.717) is 29.5 Å².